The summed E-state index contributed by atoms with van der Waals surface area (Å²) in [5, 5.41) is 3.22. The topological polar surface area (TPSA) is 55.1 Å². The van der Waals surface area contributed by atoms with Crippen LogP contribution >= 0.6 is 11.8 Å². The average molecular weight is 262 g/mol. The van der Waals surface area contributed by atoms with E-state index in [1.165, 1.54) is 5.56 Å². The van der Waals surface area contributed by atoms with Crippen molar-refractivity contribution in [2.75, 3.05) is 5.73 Å². The lowest BCUT2D eigenvalue weighted by atomic mass is 10.1. The third kappa shape index (κ3) is 3.07. The fourth-order valence-corrected chi connectivity index (χ4v) is 3.05. The Morgan fingerprint density at radius 2 is 2.28 bits per heavy atom. The second kappa shape index (κ2) is 5.48. The molecular weight excluding hydrogens is 244 g/mol. The van der Waals surface area contributed by atoms with Gasteiger partial charge in [0.05, 0.1) is 4.91 Å². The molecule has 0 saturated carbocycles. The van der Waals surface area contributed by atoms with E-state index in [4.69, 9.17) is 5.73 Å². The maximum Gasteiger partial charge on any atom is 0.257 e. The van der Waals surface area contributed by atoms with Crippen LogP contribution < -0.4 is 11.1 Å². The number of hydrogen-bond acceptors (Lipinski definition) is 3. The van der Waals surface area contributed by atoms with Crippen molar-refractivity contribution in [1.29, 1.82) is 0 Å². The summed E-state index contributed by atoms with van der Waals surface area (Å²) in [5.41, 5.74) is 7.74. The zero-order valence-corrected chi connectivity index (χ0v) is 11.5. The zero-order chi connectivity index (χ0) is 13.1. The van der Waals surface area contributed by atoms with Gasteiger partial charge in [-0.3, -0.25) is 4.79 Å². The molecule has 0 spiro atoms. The van der Waals surface area contributed by atoms with Crippen LogP contribution in [-0.4, -0.2) is 11.9 Å². The molecule has 0 aromatic heterocycles. The van der Waals surface area contributed by atoms with E-state index < -0.39 is 0 Å². The molecule has 4 heteroatoms. The molecule has 0 aliphatic carbocycles. The minimum atomic E-state index is 0.0291. The third-order valence-corrected chi connectivity index (χ3v) is 4.07. The number of nitrogens with one attached hydrogen (secondary N) is 1. The van der Waals surface area contributed by atoms with Gasteiger partial charge in [-0.1, -0.05) is 18.2 Å². The largest absolute Gasteiger partial charge is 0.399 e. The van der Waals surface area contributed by atoms with E-state index in [1.54, 1.807) is 11.8 Å². The summed E-state index contributed by atoms with van der Waals surface area (Å²) in [6.45, 7) is 3.93. The number of benzene rings is 1. The van der Waals surface area contributed by atoms with Crippen LogP contribution in [0.1, 0.15) is 31.1 Å². The Morgan fingerprint density at radius 3 is 2.94 bits per heavy atom. The van der Waals surface area contributed by atoms with Gasteiger partial charge >= 0.3 is 0 Å². The third-order valence-electron chi connectivity index (χ3n) is 2.71. The van der Waals surface area contributed by atoms with Gasteiger partial charge in [-0.05, 0) is 38.0 Å². The van der Waals surface area contributed by atoms with Gasteiger partial charge in [-0.2, -0.15) is 0 Å². The molecule has 96 valence electrons. The zero-order valence-electron chi connectivity index (χ0n) is 10.6. The molecule has 0 saturated heterocycles. The van der Waals surface area contributed by atoms with Crippen LogP contribution in [0.5, 0.6) is 0 Å². The number of thioether (sulfide) groups is 1. The molecule has 1 unspecified atom stereocenters. The molecule has 18 heavy (non-hydrogen) atoms. The Balaban J connectivity index is 2.01. The fourth-order valence-electron chi connectivity index (χ4n) is 1.91. The van der Waals surface area contributed by atoms with Gasteiger partial charge in [0.2, 0.25) is 0 Å². The summed E-state index contributed by atoms with van der Waals surface area (Å²) in [7, 11) is 0. The number of rotatable bonds is 3. The van der Waals surface area contributed by atoms with Crippen molar-refractivity contribution in [2.24, 2.45) is 0 Å². The lowest BCUT2D eigenvalue weighted by molar-refractivity contribution is -0.117. The average Bonchev–Trinajstić information content (AvgIpc) is 2.77. The van der Waals surface area contributed by atoms with Crippen molar-refractivity contribution in [3.05, 3.63) is 40.8 Å². The van der Waals surface area contributed by atoms with Crippen LogP contribution in [0.3, 0.4) is 0 Å². The highest BCUT2D eigenvalue weighted by Crippen LogP contribution is 2.43. The van der Waals surface area contributed by atoms with Gasteiger partial charge in [-0.25, -0.2) is 0 Å². The van der Waals surface area contributed by atoms with Crippen LogP contribution in [0.25, 0.3) is 0 Å². The summed E-state index contributed by atoms with van der Waals surface area (Å²) >= 11 is 1.62. The number of carbonyl (C=O) groups is 1. The normalized spacial score (nSPS) is 18.8. The molecule has 0 fully saturated rings. The van der Waals surface area contributed by atoms with E-state index in [9.17, 15) is 4.79 Å². The first-order valence-electron chi connectivity index (χ1n) is 6.09. The smallest absolute Gasteiger partial charge is 0.257 e. The molecule has 2 rings (SSSR count). The van der Waals surface area contributed by atoms with Crippen molar-refractivity contribution >= 4 is 23.4 Å². The summed E-state index contributed by atoms with van der Waals surface area (Å²) < 4.78 is 0. The fraction of sp³-hybridized carbons (Fsp3) is 0.357. The van der Waals surface area contributed by atoms with E-state index in [1.807, 2.05) is 38.1 Å². The summed E-state index contributed by atoms with van der Waals surface area (Å²) in [5.74, 6) is 0.0291. The van der Waals surface area contributed by atoms with Gasteiger partial charge in [0.15, 0.2) is 0 Å². The standard InChI is InChI=1S/C14H18N2OS/c1-9(2)16-14(17)13-7-6-12(18-13)10-4-3-5-11(15)8-10/h3-5,7-9,12H,6,15H2,1-2H3,(H,16,17). The molecule has 3 nitrogen and oxygen atoms in total. The van der Waals surface area contributed by atoms with E-state index in [0.29, 0.717) is 5.25 Å². The predicted octanol–water partition coefficient (Wildman–Crippen LogP) is 2.86. The quantitative estimate of drug-likeness (QED) is 0.824. The Kier molecular flexibility index (Phi) is 3.97. The van der Waals surface area contributed by atoms with Gasteiger partial charge in [-0.15, -0.1) is 11.8 Å². The number of hydrogen-bond donors (Lipinski definition) is 2. The van der Waals surface area contributed by atoms with E-state index in [-0.39, 0.29) is 11.9 Å². The van der Waals surface area contributed by atoms with Gasteiger partial charge in [0.25, 0.3) is 5.91 Å². The minimum Gasteiger partial charge on any atom is -0.399 e. The molecule has 0 bridgehead atoms. The highest BCUT2D eigenvalue weighted by atomic mass is 32.2. The van der Waals surface area contributed by atoms with Gasteiger partial charge in [0.1, 0.15) is 0 Å². The minimum absolute atomic E-state index is 0.0291. The van der Waals surface area contributed by atoms with Crippen LogP contribution in [0.2, 0.25) is 0 Å². The number of carbonyl (C=O) groups excluding carboxylic acids is 1. The Morgan fingerprint density at radius 1 is 1.50 bits per heavy atom. The SMILES string of the molecule is CC(C)NC(=O)C1=CCC(c2cccc(N)c2)S1. The molecular formula is C14H18N2OS. The van der Waals surface area contributed by atoms with Crippen LogP contribution in [-0.2, 0) is 4.79 Å². The molecule has 1 aromatic carbocycles. The first-order valence-corrected chi connectivity index (χ1v) is 6.97. The molecule has 1 aliphatic heterocycles. The lowest BCUT2D eigenvalue weighted by Crippen LogP contribution is -2.30. The molecule has 1 aromatic rings. The Bertz CT molecular complexity index is 482. The van der Waals surface area contributed by atoms with E-state index in [0.717, 1.165) is 17.0 Å². The van der Waals surface area contributed by atoms with Crippen molar-refractivity contribution in [2.45, 2.75) is 31.6 Å². The van der Waals surface area contributed by atoms with E-state index >= 15 is 0 Å². The second-order valence-corrected chi connectivity index (χ2v) is 5.95. The second-order valence-electron chi connectivity index (χ2n) is 4.71. The lowest BCUT2D eigenvalue weighted by Gasteiger charge is -2.12. The summed E-state index contributed by atoms with van der Waals surface area (Å²) in [6.07, 6.45) is 2.89. The van der Waals surface area contributed by atoms with Crippen molar-refractivity contribution < 1.29 is 4.79 Å². The number of anilines is 1. The predicted molar refractivity (Wildman–Crippen MR) is 77.2 cm³/mol. The molecule has 1 amide bonds. The summed E-state index contributed by atoms with van der Waals surface area (Å²) in [4.78, 5) is 12.7. The van der Waals surface area contributed by atoms with Crippen LogP contribution in [0.15, 0.2) is 35.2 Å². The maximum absolute atomic E-state index is 11.9. The summed E-state index contributed by atoms with van der Waals surface area (Å²) in [6, 6.07) is 8.05. The molecule has 0 radical (unpaired) electrons. The number of amides is 1. The Hall–Kier alpha value is -1.42. The molecule has 1 aliphatic rings. The molecule has 3 N–H and O–H groups in total. The number of allylic oxidation sites excluding steroid dienone is 1. The van der Waals surface area contributed by atoms with Gasteiger partial charge < -0.3 is 11.1 Å². The Labute approximate surface area is 112 Å². The van der Waals surface area contributed by atoms with Crippen LogP contribution in [0, 0.1) is 0 Å². The number of nitrogen functional groups attached to an aromatic ring is 1. The molecule has 1 atom stereocenters. The first kappa shape index (κ1) is 13.0. The van der Waals surface area contributed by atoms with Crippen molar-refractivity contribution in [1.82, 2.24) is 5.32 Å². The number of nitrogens with two attached hydrogens (primary N) is 1. The first-order chi connectivity index (χ1) is 8.56. The highest BCUT2D eigenvalue weighted by Gasteiger charge is 2.24. The highest BCUT2D eigenvalue weighted by molar-refractivity contribution is 8.04. The van der Waals surface area contributed by atoms with Gasteiger partial charge in [0, 0.05) is 17.0 Å². The maximum atomic E-state index is 11.9. The van der Waals surface area contributed by atoms with Crippen molar-refractivity contribution in [3.63, 3.8) is 0 Å². The van der Waals surface area contributed by atoms with Crippen molar-refractivity contribution in [3.8, 4) is 0 Å². The monoisotopic (exact) mass is 262 g/mol. The van der Waals surface area contributed by atoms with Crippen LogP contribution in [0.4, 0.5) is 5.69 Å². The van der Waals surface area contributed by atoms with E-state index in [2.05, 4.69) is 11.4 Å². The molecule has 1 heterocycles.